The number of nitrogens with zero attached hydrogens (tertiary/aromatic N) is 3. The summed E-state index contributed by atoms with van der Waals surface area (Å²) >= 11 is 5.92. The van der Waals surface area contributed by atoms with Crippen LogP contribution in [0, 0.1) is 0 Å². The van der Waals surface area contributed by atoms with E-state index in [1.165, 1.54) is 0 Å². The lowest BCUT2D eigenvalue weighted by Gasteiger charge is -2.25. The first-order valence-electron chi connectivity index (χ1n) is 9.15. The lowest BCUT2D eigenvalue weighted by Crippen LogP contribution is -2.35. The Morgan fingerprint density at radius 2 is 1.93 bits per heavy atom. The van der Waals surface area contributed by atoms with E-state index in [1.807, 2.05) is 49.4 Å². The summed E-state index contributed by atoms with van der Waals surface area (Å²) in [5.74, 6) is 0.635. The number of aromatic nitrogens is 2. The molecule has 5 nitrogen and oxygen atoms in total. The fourth-order valence-corrected chi connectivity index (χ4v) is 3.17. The van der Waals surface area contributed by atoms with Crippen molar-refractivity contribution in [2.75, 3.05) is 6.54 Å². The molecule has 1 heterocycles. The minimum absolute atomic E-state index is 0.0137. The highest BCUT2D eigenvalue weighted by atomic mass is 35.5. The third kappa shape index (κ3) is 4.67. The van der Waals surface area contributed by atoms with Gasteiger partial charge in [0, 0.05) is 17.1 Å². The summed E-state index contributed by atoms with van der Waals surface area (Å²) in [6, 6.07) is 17.0. The largest absolute Gasteiger partial charge is 0.337 e. The number of hydrogen-bond donors (Lipinski definition) is 0. The molecule has 0 N–H and O–H groups in total. The molecule has 1 aromatic heterocycles. The summed E-state index contributed by atoms with van der Waals surface area (Å²) in [7, 11) is 0. The van der Waals surface area contributed by atoms with Crippen LogP contribution in [0.1, 0.15) is 30.7 Å². The Bertz CT molecular complexity index is 922. The van der Waals surface area contributed by atoms with E-state index in [-0.39, 0.29) is 18.4 Å². The lowest BCUT2D eigenvalue weighted by atomic mass is 9.95. The van der Waals surface area contributed by atoms with Gasteiger partial charge in [0.1, 0.15) is 6.54 Å². The molecule has 144 valence electrons. The van der Waals surface area contributed by atoms with Crippen molar-refractivity contribution in [3.05, 3.63) is 83.7 Å². The molecule has 6 heteroatoms. The zero-order valence-electron chi connectivity index (χ0n) is 15.7. The first kappa shape index (κ1) is 19.8. The van der Waals surface area contributed by atoms with E-state index in [2.05, 4.69) is 16.7 Å². The quantitative estimate of drug-likeness (QED) is 0.498. The third-order valence-corrected chi connectivity index (χ3v) is 4.72. The molecule has 0 saturated carbocycles. The molecule has 0 radical (unpaired) electrons. The number of rotatable bonds is 8. The summed E-state index contributed by atoms with van der Waals surface area (Å²) in [5.41, 5.74) is 1.80. The van der Waals surface area contributed by atoms with Gasteiger partial charge in [-0.1, -0.05) is 60.1 Å². The van der Waals surface area contributed by atoms with E-state index < -0.39 is 0 Å². The first-order valence-corrected chi connectivity index (χ1v) is 9.53. The number of amides is 1. The number of carbonyl (C=O) groups is 1. The average molecular weight is 396 g/mol. The molecular formula is C22H22ClN3O2. The maximum Gasteiger partial charge on any atom is 0.246 e. The fourth-order valence-electron chi connectivity index (χ4n) is 3.05. The topological polar surface area (TPSA) is 59.2 Å². The Kier molecular flexibility index (Phi) is 6.61. The summed E-state index contributed by atoms with van der Waals surface area (Å²) in [6.07, 6.45) is 2.41. The number of halogens is 1. The molecule has 0 aliphatic rings. The van der Waals surface area contributed by atoms with Crippen molar-refractivity contribution in [1.82, 2.24) is 15.0 Å². The van der Waals surface area contributed by atoms with Crippen molar-refractivity contribution in [2.45, 2.75) is 25.8 Å². The molecule has 2 aromatic carbocycles. The van der Waals surface area contributed by atoms with Crippen LogP contribution in [0.2, 0.25) is 5.02 Å². The van der Waals surface area contributed by atoms with Gasteiger partial charge in [-0.25, -0.2) is 0 Å². The normalized spacial score (nSPS) is 11.8. The maximum absolute atomic E-state index is 13.2. The van der Waals surface area contributed by atoms with Gasteiger partial charge in [0.25, 0.3) is 0 Å². The van der Waals surface area contributed by atoms with Crippen LogP contribution in [0.15, 0.2) is 71.8 Å². The van der Waals surface area contributed by atoms with E-state index in [1.54, 1.807) is 23.1 Å². The molecule has 0 saturated heterocycles. The molecule has 3 rings (SSSR count). The summed E-state index contributed by atoms with van der Waals surface area (Å²) in [6.45, 7) is 6.41. The van der Waals surface area contributed by atoms with Crippen LogP contribution in [0.4, 0.5) is 0 Å². The molecule has 0 aliphatic heterocycles. The number of benzene rings is 2. The molecule has 0 unspecified atom stereocenters. The molecule has 1 atom stereocenters. The molecule has 1 amide bonds. The van der Waals surface area contributed by atoms with Crippen LogP contribution < -0.4 is 0 Å². The van der Waals surface area contributed by atoms with Crippen molar-refractivity contribution >= 4 is 17.5 Å². The second-order valence-corrected chi connectivity index (χ2v) is 6.83. The van der Waals surface area contributed by atoms with E-state index in [9.17, 15) is 4.79 Å². The zero-order valence-corrected chi connectivity index (χ0v) is 16.5. The molecular weight excluding hydrogens is 374 g/mol. The standard InChI is InChI=1S/C22H22ClN3O2/c1-3-14-26(22(27)19(4-2)16-8-6-5-7-9-16)15-20-24-21(25-28-20)17-10-12-18(23)13-11-17/h3,5-13,19H,1,4,14-15H2,2H3/t19-/m0/s1. The Morgan fingerprint density at radius 3 is 2.57 bits per heavy atom. The predicted octanol–water partition coefficient (Wildman–Crippen LogP) is 5.10. The van der Waals surface area contributed by atoms with Gasteiger partial charge in [-0.3, -0.25) is 4.79 Å². The maximum atomic E-state index is 13.2. The second-order valence-electron chi connectivity index (χ2n) is 6.40. The van der Waals surface area contributed by atoms with Gasteiger partial charge in [-0.2, -0.15) is 4.98 Å². The van der Waals surface area contributed by atoms with E-state index in [0.29, 0.717) is 29.7 Å². The van der Waals surface area contributed by atoms with Gasteiger partial charge in [0.15, 0.2) is 0 Å². The van der Waals surface area contributed by atoms with E-state index >= 15 is 0 Å². The lowest BCUT2D eigenvalue weighted by molar-refractivity contribution is -0.133. The molecule has 28 heavy (non-hydrogen) atoms. The Labute approximate surface area is 169 Å². The number of hydrogen-bond acceptors (Lipinski definition) is 4. The van der Waals surface area contributed by atoms with Gasteiger partial charge in [0.2, 0.25) is 17.6 Å². The van der Waals surface area contributed by atoms with Crippen molar-refractivity contribution in [3.63, 3.8) is 0 Å². The van der Waals surface area contributed by atoms with E-state index in [0.717, 1.165) is 11.1 Å². The number of carbonyl (C=O) groups excluding carboxylic acids is 1. The van der Waals surface area contributed by atoms with Crippen LogP contribution in [-0.4, -0.2) is 27.5 Å². The van der Waals surface area contributed by atoms with Crippen LogP contribution in [0.5, 0.6) is 0 Å². The summed E-state index contributed by atoms with van der Waals surface area (Å²) in [5, 5.41) is 4.66. The summed E-state index contributed by atoms with van der Waals surface area (Å²) < 4.78 is 5.37. The van der Waals surface area contributed by atoms with E-state index in [4.69, 9.17) is 16.1 Å². The second kappa shape index (κ2) is 9.33. The van der Waals surface area contributed by atoms with Crippen molar-refractivity contribution in [2.24, 2.45) is 0 Å². The van der Waals surface area contributed by atoms with Crippen LogP contribution in [0.3, 0.4) is 0 Å². The zero-order chi connectivity index (χ0) is 19.9. The minimum Gasteiger partial charge on any atom is -0.337 e. The van der Waals surface area contributed by atoms with Crippen LogP contribution >= 0.6 is 11.6 Å². The predicted molar refractivity (Wildman–Crippen MR) is 110 cm³/mol. The van der Waals surface area contributed by atoms with Gasteiger partial charge < -0.3 is 9.42 Å². The highest BCUT2D eigenvalue weighted by Crippen LogP contribution is 2.24. The van der Waals surface area contributed by atoms with Crippen LogP contribution in [-0.2, 0) is 11.3 Å². The SMILES string of the molecule is C=CCN(Cc1nc(-c2ccc(Cl)cc2)no1)C(=O)[C@@H](CC)c1ccccc1. The summed E-state index contributed by atoms with van der Waals surface area (Å²) in [4.78, 5) is 19.3. The Balaban J connectivity index is 1.78. The molecule has 0 aliphatic carbocycles. The monoisotopic (exact) mass is 395 g/mol. The molecule has 0 spiro atoms. The van der Waals surface area contributed by atoms with Gasteiger partial charge in [0.05, 0.1) is 5.92 Å². The molecule has 3 aromatic rings. The smallest absolute Gasteiger partial charge is 0.246 e. The van der Waals surface area contributed by atoms with Crippen molar-refractivity contribution < 1.29 is 9.32 Å². The van der Waals surface area contributed by atoms with Crippen LogP contribution in [0.25, 0.3) is 11.4 Å². The van der Waals surface area contributed by atoms with Crippen molar-refractivity contribution in [3.8, 4) is 11.4 Å². The van der Waals surface area contributed by atoms with Gasteiger partial charge in [-0.15, -0.1) is 6.58 Å². The average Bonchev–Trinajstić information content (AvgIpc) is 3.18. The fraction of sp³-hybridized carbons (Fsp3) is 0.227. The Hall–Kier alpha value is -2.92. The highest BCUT2D eigenvalue weighted by molar-refractivity contribution is 6.30. The third-order valence-electron chi connectivity index (χ3n) is 4.47. The minimum atomic E-state index is -0.222. The van der Waals surface area contributed by atoms with Gasteiger partial charge >= 0.3 is 0 Å². The Morgan fingerprint density at radius 1 is 1.21 bits per heavy atom. The van der Waals surface area contributed by atoms with Crippen molar-refractivity contribution in [1.29, 1.82) is 0 Å². The highest BCUT2D eigenvalue weighted by Gasteiger charge is 2.25. The molecule has 0 fully saturated rings. The first-order chi connectivity index (χ1) is 13.6. The molecule has 0 bridgehead atoms. The van der Waals surface area contributed by atoms with Gasteiger partial charge in [-0.05, 0) is 36.2 Å².